The van der Waals surface area contributed by atoms with Gasteiger partial charge < -0.3 is 14.9 Å². The number of aliphatic hydroxyl groups excluding tert-OH is 2. The zero-order valence-corrected chi connectivity index (χ0v) is 16.2. The molecule has 0 saturated carbocycles. The van der Waals surface area contributed by atoms with Crippen LogP contribution in [0.15, 0.2) is 0 Å². The molecule has 2 N–H and O–H groups in total. The number of hydrogen-bond acceptors (Lipinski definition) is 3. The zero-order valence-electron chi connectivity index (χ0n) is 16.2. The van der Waals surface area contributed by atoms with E-state index >= 15 is 0 Å². The van der Waals surface area contributed by atoms with Crippen LogP contribution in [0.4, 0.5) is 0 Å². The number of ether oxygens (including phenoxy) is 1. The maximum absolute atomic E-state index is 9.11. The Morgan fingerprint density at radius 3 is 1.75 bits per heavy atom. The fourth-order valence-electron chi connectivity index (χ4n) is 2.89. The van der Waals surface area contributed by atoms with Crippen molar-refractivity contribution < 1.29 is 14.9 Å². The lowest BCUT2D eigenvalue weighted by molar-refractivity contribution is 0.00694. The molecule has 1 unspecified atom stereocenters. The second-order valence-corrected chi connectivity index (χ2v) is 7.02. The molecule has 0 amide bonds. The maximum Gasteiger partial charge on any atom is 0.100 e. The first kappa shape index (κ1) is 23.9. The SMILES string of the molecule is CCCCCCCCCCCCCCC[CH]CCOCC(O)CO. The summed E-state index contributed by atoms with van der Waals surface area (Å²) in [5.74, 6) is 0. The molecule has 0 heterocycles. The van der Waals surface area contributed by atoms with Gasteiger partial charge in [-0.25, -0.2) is 0 Å². The summed E-state index contributed by atoms with van der Waals surface area (Å²) >= 11 is 0. The summed E-state index contributed by atoms with van der Waals surface area (Å²) in [5.41, 5.74) is 0. The minimum Gasteiger partial charge on any atom is -0.394 e. The Kier molecular flexibility index (Phi) is 20.8. The Bertz CT molecular complexity index is 221. The summed E-state index contributed by atoms with van der Waals surface area (Å²) in [6.07, 6.45) is 21.9. The van der Waals surface area contributed by atoms with Crippen molar-refractivity contribution in [2.45, 2.75) is 109 Å². The van der Waals surface area contributed by atoms with Gasteiger partial charge in [-0.15, -0.1) is 0 Å². The van der Waals surface area contributed by atoms with Crippen molar-refractivity contribution in [1.29, 1.82) is 0 Å². The van der Waals surface area contributed by atoms with E-state index in [0.29, 0.717) is 6.61 Å². The molecular weight excluding hydrogens is 300 g/mol. The van der Waals surface area contributed by atoms with E-state index in [0.717, 1.165) is 6.42 Å². The van der Waals surface area contributed by atoms with E-state index in [9.17, 15) is 0 Å². The predicted molar refractivity (Wildman–Crippen MR) is 103 cm³/mol. The van der Waals surface area contributed by atoms with E-state index in [1.54, 1.807) is 0 Å². The van der Waals surface area contributed by atoms with Crippen molar-refractivity contribution in [3.05, 3.63) is 6.42 Å². The van der Waals surface area contributed by atoms with Crippen LogP contribution in [0.3, 0.4) is 0 Å². The maximum atomic E-state index is 9.11. The summed E-state index contributed by atoms with van der Waals surface area (Å²) in [4.78, 5) is 0. The average molecular weight is 344 g/mol. The molecule has 24 heavy (non-hydrogen) atoms. The molecule has 0 aliphatic carbocycles. The smallest absolute Gasteiger partial charge is 0.100 e. The van der Waals surface area contributed by atoms with Gasteiger partial charge >= 0.3 is 0 Å². The fraction of sp³-hybridized carbons (Fsp3) is 0.952. The standard InChI is InChI=1S/C21H43O3/c1-2-3-4-5-6-7-8-9-10-11-12-13-14-15-16-17-18-24-20-21(23)19-22/h16,21-23H,2-15,17-20H2,1H3. The Labute approximate surface area is 151 Å². The van der Waals surface area contributed by atoms with Gasteiger partial charge in [-0.05, 0) is 12.8 Å². The van der Waals surface area contributed by atoms with Gasteiger partial charge in [0.2, 0.25) is 0 Å². The highest BCUT2D eigenvalue weighted by Gasteiger charge is 2.00. The van der Waals surface area contributed by atoms with Crippen molar-refractivity contribution in [2.75, 3.05) is 19.8 Å². The molecule has 0 spiro atoms. The summed E-state index contributed by atoms with van der Waals surface area (Å²) in [6, 6.07) is 0. The molecule has 0 saturated heterocycles. The Balaban J connectivity index is 2.98. The Morgan fingerprint density at radius 2 is 1.25 bits per heavy atom. The molecule has 0 aliphatic heterocycles. The van der Waals surface area contributed by atoms with Gasteiger partial charge in [-0.1, -0.05) is 96.8 Å². The average Bonchev–Trinajstić information content (AvgIpc) is 2.60. The Morgan fingerprint density at radius 1 is 0.750 bits per heavy atom. The van der Waals surface area contributed by atoms with Crippen molar-refractivity contribution >= 4 is 0 Å². The number of hydrogen-bond donors (Lipinski definition) is 2. The molecule has 0 fully saturated rings. The molecule has 145 valence electrons. The number of rotatable bonds is 20. The van der Waals surface area contributed by atoms with Crippen molar-refractivity contribution in [1.82, 2.24) is 0 Å². The van der Waals surface area contributed by atoms with Crippen LogP contribution in [0, 0.1) is 6.42 Å². The Hall–Kier alpha value is -0.120. The van der Waals surface area contributed by atoms with Gasteiger partial charge in [0, 0.05) is 6.61 Å². The molecule has 0 aliphatic rings. The highest BCUT2D eigenvalue weighted by atomic mass is 16.5. The minimum atomic E-state index is -0.731. The second kappa shape index (κ2) is 20.9. The third-order valence-corrected chi connectivity index (χ3v) is 4.50. The summed E-state index contributed by atoms with van der Waals surface area (Å²) in [6.45, 7) is 2.95. The van der Waals surface area contributed by atoms with Gasteiger partial charge in [0.25, 0.3) is 0 Å². The predicted octanol–water partition coefficient (Wildman–Crippen LogP) is 5.43. The quantitative estimate of drug-likeness (QED) is 0.290. The van der Waals surface area contributed by atoms with Crippen molar-refractivity contribution in [3.63, 3.8) is 0 Å². The summed E-state index contributed by atoms with van der Waals surface area (Å²) in [7, 11) is 0. The van der Waals surface area contributed by atoms with Gasteiger partial charge in [-0.3, -0.25) is 0 Å². The molecule has 0 aromatic heterocycles. The van der Waals surface area contributed by atoms with Gasteiger partial charge in [0.15, 0.2) is 0 Å². The molecule has 3 heteroatoms. The van der Waals surface area contributed by atoms with Crippen molar-refractivity contribution in [3.8, 4) is 0 Å². The normalized spacial score (nSPS) is 12.6. The first-order chi connectivity index (χ1) is 11.8. The van der Waals surface area contributed by atoms with E-state index in [1.165, 1.54) is 89.9 Å². The van der Waals surface area contributed by atoms with Crippen LogP contribution in [-0.4, -0.2) is 36.1 Å². The fourth-order valence-corrected chi connectivity index (χ4v) is 2.89. The topological polar surface area (TPSA) is 49.7 Å². The molecular formula is C21H43O3. The van der Waals surface area contributed by atoms with Gasteiger partial charge in [0.1, 0.15) is 6.10 Å². The van der Waals surface area contributed by atoms with Crippen LogP contribution in [0.5, 0.6) is 0 Å². The third kappa shape index (κ3) is 19.9. The molecule has 0 rings (SSSR count). The molecule has 3 nitrogen and oxygen atoms in total. The number of unbranched alkanes of at least 4 members (excludes halogenated alkanes) is 15. The monoisotopic (exact) mass is 343 g/mol. The zero-order chi connectivity index (χ0) is 17.7. The minimum absolute atomic E-state index is 0.220. The largest absolute Gasteiger partial charge is 0.394 e. The molecule has 0 bridgehead atoms. The first-order valence-electron chi connectivity index (χ1n) is 10.5. The lowest BCUT2D eigenvalue weighted by atomic mass is 10.0. The van der Waals surface area contributed by atoms with E-state index < -0.39 is 6.10 Å². The van der Waals surface area contributed by atoms with Crippen LogP contribution >= 0.6 is 0 Å². The van der Waals surface area contributed by atoms with Crippen LogP contribution in [0.1, 0.15) is 103 Å². The summed E-state index contributed by atoms with van der Waals surface area (Å²) < 4.78 is 5.26. The van der Waals surface area contributed by atoms with Crippen LogP contribution < -0.4 is 0 Å². The summed E-state index contributed by atoms with van der Waals surface area (Å²) in [5, 5.41) is 17.7. The van der Waals surface area contributed by atoms with E-state index in [-0.39, 0.29) is 13.2 Å². The highest BCUT2D eigenvalue weighted by molar-refractivity contribution is 4.64. The lowest BCUT2D eigenvalue weighted by Gasteiger charge is -2.07. The highest BCUT2D eigenvalue weighted by Crippen LogP contribution is 2.13. The van der Waals surface area contributed by atoms with Crippen LogP contribution in [0.2, 0.25) is 0 Å². The molecule has 0 aromatic rings. The van der Waals surface area contributed by atoms with Gasteiger partial charge in [0.05, 0.1) is 13.2 Å². The van der Waals surface area contributed by atoms with Gasteiger partial charge in [-0.2, -0.15) is 0 Å². The van der Waals surface area contributed by atoms with E-state index in [2.05, 4.69) is 13.3 Å². The number of aliphatic hydroxyl groups is 2. The van der Waals surface area contributed by atoms with Crippen LogP contribution in [-0.2, 0) is 4.74 Å². The van der Waals surface area contributed by atoms with E-state index in [1.807, 2.05) is 0 Å². The molecule has 1 radical (unpaired) electrons. The van der Waals surface area contributed by atoms with Crippen LogP contribution in [0.25, 0.3) is 0 Å². The third-order valence-electron chi connectivity index (χ3n) is 4.50. The molecule has 1 atom stereocenters. The molecule has 0 aromatic carbocycles. The second-order valence-electron chi connectivity index (χ2n) is 7.02. The van der Waals surface area contributed by atoms with Crippen molar-refractivity contribution in [2.24, 2.45) is 0 Å². The lowest BCUT2D eigenvalue weighted by Crippen LogP contribution is -2.19. The first-order valence-corrected chi connectivity index (χ1v) is 10.5. The van der Waals surface area contributed by atoms with E-state index in [4.69, 9.17) is 14.9 Å².